The molecular weight excluding hydrogens is 393 g/mol. The molecule has 0 saturated heterocycles. The maximum absolute atomic E-state index is 15.5. The largest absolute Gasteiger partial charge is 0.386 e. The number of hydrogen-bond donors (Lipinski definition) is 4. The summed E-state index contributed by atoms with van der Waals surface area (Å²) in [6, 6.07) is 6.04. The van der Waals surface area contributed by atoms with Gasteiger partial charge in [0.2, 0.25) is 0 Å². The third-order valence-electron chi connectivity index (χ3n) is 5.83. The molecule has 0 radical (unpaired) electrons. The molecule has 1 aliphatic rings. The Morgan fingerprint density at radius 1 is 1.33 bits per heavy atom. The Morgan fingerprint density at radius 3 is 2.47 bits per heavy atom. The molecule has 5 N–H and O–H groups in total. The van der Waals surface area contributed by atoms with E-state index in [0.717, 1.165) is 0 Å². The van der Waals surface area contributed by atoms with Crippen molar-refractivity contribution in [2.24, 2.45) is 5.73 Å². The van der Waals surface area contributed by atoms with Gasteiger partial charge in [-0.05, 0) is 51.3 Å². The Bertz CT molecular complexity index is 1060. The van der Waals surface area contributed by atoms with E-state index in [1.807, 2.05) is 0 Å². The standard InChI is InChI=1S/C23H27F3N2O2/c1-13(23(30,12-27)22(26)8-9-22)10-16(21(3,4)29)19(25)14(2)18-11-15-6-5-7-17(24)20(15)28-18/h5-7,10-11,28-30H,2,8-9,12,27H2,1,3-4H3/b13-10+,19-16-. The lowest BCUT2D eigenvalue weighted by Gasteiger charge is -2.33. The monoisotopic (exact) mass is 420 g/mol. The predicted octanol–water partition coefficient (Wildman–Crippen LogP) is 4.45. The van der Waals surface area contributed by atoms with Crippen molar-refractivity contribution in [2.45, 2.75) is 50.5 Å². The van der Waals surface area contributed by atoms with Crippen LogP contribution in [0.3, 0.4) is 0 Å². The Kier molecular flexibility index (Phi) is 5.52. The van der Waals surface area contributed by atoms with Gasteiger partial charge >= 0.3 is 0 Å². The summed E-state index contributed by atoms with van der Waals surface area (Å²) in [5.41, 5.74) is 0.390. The predicted molar refractivity (Wildman–Crippen MR) is 113 cm³/mol. The zero-order valence-corrected chi connectivity index (χ0v) is 17.3. The van der Waals surface area contributed by atoms with Crippen LogP contribution in [0.5, 0.6) is 0 Å². The summed E-state index contributed by atoms with van der Waals surface area (Å²) in [5.74, 6) is -1.35. The Hall–Kier alpha value is -2.35. The molecular formula is C23H27F3N2O2. The number of rotatable bonds is 7. The summed E-state index contributed by atoms with van der Waals surface area (Å²) in [4.78, 5) is 2.80. The molecule has 0 amide bonds. The van der Waals surface area contributed by atoms with Gasteiger partial charge in [0.15, 0.2) is 0 Å². The van der Waals surface area contributed by atoms with E-state index >= 15 is 4.39 Å². The zero-order chi connectivity index (χ0) is 22.5. The van der Waals surface area contributed by atoms with Gasteiger partial charge in [-0.25, -0.2) is 13.2 Å². The van der Waals surface area contributed by atoms with Gasteiger partial charge in [0.25, 0.3) is 0 Å². The van der Waals surface area contributed by atoms with Crippen LogP contribution in [-0.4, -0.2) is 38.6 Å². The lowest BCUT2D eigenvalue weighted by atomic mass is 9.83. The van der Waals surface area contributed by atoms with Gasteiger partial charge in [-0.1, -0.05) is 24.8 Å². The van der Waals surface area contributed by atoms with Crippen LogP contribution in [0, 0.1) is 5.82 Å². The number of aromatic nitrogens is 1. The number of aromatic amines is 1. The van der Waals surface area contributed by atoms with Gasteiger partial charge in [-0.3, -0.25) is 0 Å². The lowest BCUT2D eigenvalue weighted by Crippen LogP contribution is -2.49. The van der Waals surface area contributed by atoms with Crippen molar-refractivity contribution in [1.29, 1.82) is 0 Å². The number of H-pyrrole nitrogens is 1. The second-order valence-corrected chi connectivity index (χ2v) is 8.51. The van der Waals surface area contributed by atoms with Crippen LogP contribution in [0.2, 0.25) is 0 Å². The number of benzene rings is 1. The Morgan fingerprint density at radius 2 is 1.97 bits per heavy atom. The highest BCUT2D eigenvalue weighted by Crippen LogP contribution is 2.51. The molecule has 162 valence electrons. The van der Waals surface area contributed by atoms with E-state index in [1.165, 1.54) is 39.0 Å². The average Bonchev–Trinajstić information content (AvgIpc) is 3.28. The molecule has 1 aliphatic carbocycles. The molecule has 0 aliphatic heterocycles. The van der Waals surface area contributed by atoms with E-state index in [-0.39, 0.29) is 47.3 Å². The van der Waals surface area contributed by atoms with Crippen molar-refractivity contribution in [1.82, 2.24) is 4.98 Å². The molecule has 1 fully saturated rings. The molecule has 1 atom stereocenters. The number of aliphatic hydroxyl groups is 2. The molecule has 1 heterocycles. The summed E-state index contributed by atoms with van der Waals surface area (Å²) in [6.45, 7) is 7.56. The van der Waals surface area contributed by atoms with Crippen LogP contribution in [0.4, 0.5) is 13.2 Å². The molecule has 1 aromatic carbocycles. The molecule has 1 saturated carbocycles. The molecule has 2 aromatic rings. The first-order valence-electron chi connectivity index (χ1n) is 9.74. The van der Waals surface area contributed by atoms with Gasteiger partial charge < -0.3 is 20.9 Å². The van der Waals surface area contributed by atoms with E-state index < -0.39 is 28.5 Å². The fourth-order valence-electron chi connectivity index (χ4n) is 3.63. The van der Waals surface area contributed by atoms with Crippen LogP contribution >= 0.6 is 0 Å². The third kappa shape index (κ3) is 3.73. The summed E-state index contributed by atoms with van der Waals surface area (Å²) in [5, 5.41) is 21.9. The van der Waals surface area contributed by atoms with E-state index in [0.29, 0.717) is 5.39 Å². The first-order valence-corrected chi connectivity index (χ1v) is 9.74. The quantitative estimate of drug-likeness (QED) is 0.500. The van der Waals surface area contributed by atoms with Crippen molar-refractivity contribution in [3.63, 3.8) is 0 Å². The van der Waals surface area contributed by atoms with Crippen LogP contribution in [0.25, 0.3) is 16.5 Å². The number of fused-ring (bicyclic) bond motifs is 1. The third-order valence-corrected chi connectivity index (χ3v) is 5.83. The summed E-state index contributed by atoms with van der Waals surface area (Å²) in [7, 11) is 0. The van der Waals surface area contributed by atoms with Gasteiger partial charge in [0.05, 0.1) is 11.1 Å². The molecule has 30 heavy (non-hydrogen) atoms. The zero-order valence-electron chi connectivity index (χ0n) is 17.3. The minimum Gasteiger partial charge on any atom is -0.386 e. The van der Waals surface area contributed by atoms with Crippen molar-refractivity contribution < 1.29 is 23.4 Å². The van der Waals surface area contributed by atoms with Gasteiger partial charge in [0.1, 0.15) is 22.9 Å². The van der Waals surface area contributed by atoms with E-state index in [2.05, 4.69) is 11.6 Å². The minimum absolute atomic E-state index is 0.104. The maximum Gasteiger partial charge on any atom is 0.147 e. The molecule has 7 heteroatoms. The lowest BCUT2D eigenvalue weighted by molar-refractivity contribution is -0.0115. The van der Waals surface area contributed by atoms with E-state index in [4.69, 9.17) is 5.73 Å². The molecule has 1 unspecified atom stereocenters. The maximum atomic E-state index is 15.5. The first-order chi connectivity index (χ1) is 13.8. The fourth-order valence-corrected chi connectivity index (χ4v) is 3.63. The van der Waals surface area contributed by atoms with Crippen molar-refractivity contribution >= 4 is 16.5 Å². The molecule has 0 bridgehead atoms. The second-order valence-electron chi connectivity index (χ2n) is 8.51. The number of nitrogens with one attached hydrogen (secondary N) is 1. The number of hydrogen-bond acceptors (Lipinski definition) is 3. The number of nitrogens with two attached hydrogens (primary N) is 1. The average molecular weight is 420 g/mol. The van der Waals surface area contributed by atoms with Crippen LogP contribution in [-0.2, 0) is 0 Å². The van der Waals surface area contributed by atoms with Crippen molar-refractivity contribution in [3.8, 4) is 0 Å². The van der Waals surface area contributed by atoms with Crippen LogP contribution in [0.15, 0.2) is 53.9 Å². The van der Waals surface area contributed by atoms with Crippen molar-refractivity contribution in [3.05, 3.63) is 65.4 Å². The summed E-state index contributed by atoms with van der Waals surface area (Å²) in [6.07, 6.45) is 1.53. The SMILES string of the molecule is C=C(/C(F)=C(\C=C(/C)C(O)(CN)C1(F)CC1)C(C)(C)O)c1cc2cccc(F)c2[nH]1. The second kappa shape index (κ2) is 7.41. The molecule has 4 nitrogen and oxygen atoms in total. The normalized spacial score (nSPS) is 19.4. The minimum atomic E-state index is -1.96. The smallest absolute Gasteiger partial charge is 0.147 e. The number of halogens is 3. The molecule has 1 aromatic heterocycles. The summed E-state index contributed by atoms with van der Waals surface area (Å²) < 4.78 is 44.2. The Labute approximate surface area is 173 Å². The Balaban J connectivity index is 2.09. The van der Waals surface area contributed by atoms with Gasteiger partial charge in [-0.2, -0.15) is 0 Å². The van der Waals surface area contributed by atoms with E-state index in [1.54, 1.807) is 12.1 Å². The molecule has 3 rings (SSSR count). The van der Waals surface area contributed by atoms with Crippen LogP contribution in [0.1, 0.15) is 39.3 Å². The number of para-hydroxylation sites is 1. The fraction of sp³-hybridized carbons (Fsp3) is 0.391. The van der Waals surface area contributed by atoms with E-state index in [9.17, 15) is 19.0 Å². The van der Waals surface area contributed by atoms with Crippen LogP contribution < -0.4 is 5.73 Å². The van der Waals surface area contributed by atoms with Gasteiger partial charge in [0, 0.05) is 28.8 Å². The van der Waals surface area contributed by atoms with Crippen molar-refractivity contribution in [2.75, 3.05) is 6.54 Å². The highest BCUT2D eigenvalue weighted by Gasteiger charge is 2.60. The number of allylic oxidation sites excluding steroid dienone is 2. The van der Waals surface area contributed by atoms with Gasteiger partial charge in [-0.15, -0.1) is 0 Å². The first kappa shape index (κ1) is 22.3. The molecule has 0 spiro atoms. The highest BCUT2D eigenvalue weighted by molar-refractivity contribution is 5.87. The number of alkyl halides is 1. The highest BCUT2D eigenvalue weighted by atomic mass is 19.1. The topological polar surface area (TPSA) is 82.3 Å². The summed E-state index contributed by atoms with van der Waals surface area (Å²) >= 11 is 0.